The van der Waals surface area contributed by atoms with Gasteiger partial charge in [-0.25, -0.2) is 0 Å². The van der Waals surface area contributed by atoms with Crippen LogP contribution in [0.2, 0.25) is 0 Å². The number of amides is 2. The number of para-hydroxylation sites is 1. The third-order valence-electron chi connectivity index (χ3n) is 5.00. The van der Waals surface area contributed by atoms with Crippen molar-refractivity contribution >= 4 is 23.2 Å². The predicted molar refractivity (Wildman–Crippen MR) is 117 cm³/mol. The zero-order chi connectivity index (χ0) is 21.8. The summed E-state index contributed by atoms with van der Waals surface area (Å²) >= 11 is 0. The largest absolute Gasteiger partial charge is 0.494 e. The first-order valence-corrected chi connectivity index (χ1v) is 9.77. The van der Waals surface area contributed by atoms with Crippen LogP contribution in [-0.4, -0.2) is 32.1 Å². The highest BCUT2D eigenvalue weighted by atomic mass is 16.5. The number of hydrogen-bond donors (Lipinski definition) is 2. The number of ether oxygens (including phenoxy) is 3. The van der Waals surface area contributed by atoms with Crippen molar-refractivity contribution in [1.82, 2.24) is 0 Å². The number of fused-ring (bicyclic) bond motifs is 1. The molecule has 1 heterocycles. The van der Waals surface area contributed by atoms with Gasteiger partial charge in [0.1, 0.15) is 17.2 Å². The molecule has 4 rings (SSSR count). The molecule has 7 nitrogen and oxygen atoms in total. The Morgan fingerprint density at radius 2 is 1.48 bits per heavy atom. The first-order chi connectivity index (χ1) is 15.1. The van der Waals surface area contributed by atoms with Crippen LogP contribution in [-0.2, 0) is 11.2 Å². The molecule has 0 fully saturated rings. The van der Waals surface area contributed by atoms with Gasteiger partial charge in [-0.1, -0.05) is 36.4 Å². The van der Waals surface area contributed by atoms with Gasteiger partial charge in [-0.15, -0.1) is 0 Å². The van der Waals surface area contributed by atoms with Crippen LogP contribution in [0.5, 0.6) is 17.2 Å². The first kappa shape index (κ1) is 20.3. The monoisotopic (exact) mass is 418 g/mol. The molecule has 1 aliphatic heterocycles. The van der Waals surface area contributed by atoms with Crippen molar-refractivity contribution < 1.29 is 23.8 Å². The minimum absolute atomic E-state index is 0.283. The van der Waals surface area contributed by atoms with E-state index in [2.05, 4.69) is 10.6 Å². The average molecular weight is 418 g/mol. The fourth-order valence-corrected chi connectivity index (χ4v) is 3.42. The number of rotatable bonds is 6. The summed E-state index contributed by atoms with van der Waals surface area (Å²) < 4.78 is 16.6. The lowest BCUT2D eigenvalue weighted by Crippen LogP contribution is -2.31. The summed E-state index contributed by atoms with van der Waals surface area (Å²) in [4.78, 5) is 25.3. The molecule has 1 aliphatic rings. The molecule has 0 radical (unpaired) electrons. The SMILES string of the molecule is COc1cc(NC(=O)[C@H]2Cc3ccccc3O2)c(OC)cc1NC(=O)c1ccccc1. The molecule has 158 valence electrons. The van der Waals surface area contributed by atoms with Crippen LogP contribution in [0, 0.1) is 0 Å². The van der Waals surface area contributed by atoms with Crippen LogP contribution in [0.25, 0.3) is 0 Å². The van der Waals surface area contributed by atoms with E-state index >= 15 is 0 Å². The van der Waals surface area contributed by atoms with Crippen LogP contribution >= 0.6 is 0 Å². The maximum absolute atomic E-state index is 12.8. The van der Waals surface area contributed by atoms with Crippen LogP contribution in [0.15, 0.2) is 66.7 Å². The van der Waals surface area contributed by atoms with Gasteiger partial charge in [-0.2, -0.15) is 0 Å². The zero-order valence-electron chi connectivity index (χ0n) is 17.2. The number of carbonyl (C=O) groups excluding carboxylic acids is 2. The van der Waals surface area contributed by atoms with Crippen molar-refractivity contribution in [3.05, 3.63) is 77.9 Å². The molecule has 0 saturated heterocycles. The highest BCUT2D eigenvalue weighted by molar-refractivity contribution is 6.05. The van der Waals surface area contributed by atoms with Crippen molar-refractivity contribution in [2.24, 2.45) is 0 Å². The van der Waals surface area contributed by atoms with Gasteiger partial charge in [0.2, 0.25) is 0 Å². The topological polar surface area (TPSA) is 85.9 Å². The molecule has 1 atom stereocenters. The van der Waals surface area contributed by atoms with Gasteiger partial charge < -0.3 is 24.8 Å². The van der Waals surface area contributed by atoms with E-state index < -0.39 is 6.10 Å². The molecule has 2 N–H and O–H groups in total. The third kappa shape index (κ3) is 4.30. The van der Waals surface area contributed by atoms with Gasteiger partial charge >= 0.3 is 0 Å². The van der Waals surface area contributed by atoms with E-state index in [0.717, 1.165) is 5.56 Å². The molecule has 0 aromatic heterocycles. The summed E-state index contributed by atoms with van der Waals surface area (Å²) in [6.45, 7) is 0. The van der Waals surface area contributed by atoms with E-state index in [9.17, 15) is 9.59 Å². The number of benzene rings is 3. The number of methoxy groups -OCH3 is 2. The van der Waals surface area contributed by atoms with E-state index in [1.165, 1.54) is 14.2 Å². The van der Waals surface area contributed by atoms with Crippen molar-refractivity contribution in [3.63, 3.8) is 0 Å². The molecule has 2 amide bonds. The Hall–Kier alpha value is -4.00. The number of nitrogens with one attached hydrogen (secondary N) is 2. The summed E-state index contributed by atoms with van der Waals surface area (Å²) in [6, 6.07) is 19.6. The molecule has 0 bridgehead atoms. The quantitative estimate of drug-likeness (QED) is 0.634. The maximum Gasteiger partial charge on any atom is 0.265 e. The smallest absolute Gasteiger partial charge is 0.265 e. The van der Waals surface area contributed by atoms with E-state index in [1.807, 2.05) is 30.3 Å². The van der Waals surface area contributed by atoms with Gasteiger partial charge in [0.15, 0.2) is 6.10 Å². The fourth-order valence-electron chi connectivity index (χ4n) is 3.42. The Balaban J connectivity index is 1.53. The van der Waals surface area contributed by atoms with Crippen LogP contribution in [0.1, 0.15) is 15.9 Å². The molecular formula is C24H22N2O5. The van der Waals surface area contributed by atoms with E-state index in [-0.39, 0.29) is 11.8 Å². The Morgan fingerprint density at radius 3 is 2.13 bits per heavy atom. The lowest BCUT2D eigenvalue weighted by Gasteiger charge is -2.17. The molecule has 0 aliphatic carbocycles. The van der Waals surface area contributed by atoms with Crippen molar-refractivity contribution in [2.45, 2.75) is 12.5 Å². The second-order valence-electron chi connectivity index (χ2n) is 6.98. The second-order valence-corrected chi connectivity index (χ2v) is 6.98. The van der Waals surface area contributed by atoms with Gasteiger partial charge in [-0.05, 0) is 23.8 Å². The highest BCUT2D eigenvalue weighted by Gasteiger charge is 2.29. The molecular weight excluding hydrogens is 396 g/mol. The molecule has 31 heavy (non-hydrogen) atoms. The van der Waals surface area contributed by atoms with E-state index in [4.69, 9.17) is 14.2 Å². The molecule has 3 aromatic carbocycles. The first-order valence-electron chi connectivity index (χ1n) is 9.77. The van der Waals surface area contributed by atoms with Gasteiger partial charge in [-0.3, -0.25) is 9.59 Å². The maximum atomic E-state index is 12.8. The summed E-state index contributed by atoms with van der Waals surface area (Å²) in [7, 11) is 2.98. The molecule has 0 spiro atoms. The molecule has 7 heteroatoms. The Bertz CT molecular complexity index is 1090. The van der Waals surface area contributed by atoms with Crippen LogP contribution in [0.4, 0.5) is 11.4 Å². The predicted octanol–water partition coefficient (Wildman–Crippen LogP) is 3.90. The Labute approximate surface area is 179 Å². The number of anilines is 2. The second kappa shape index (κ2) is 8.79. The zero-order valence-corrected chi connectivity index (χ0v) is 17.2. The average Bonchev–Trinajstić information content (AvgIpc) is 3.24. The van der Waals surface area contributed by atoms with E-state index in [1.54, 1.807) is 36.4 Å². The minimum atomic E-state index is -0.634. The summed E-state index contributed by atoms with van der Waals surface area (Å²) in [6.07, 6.45) is -0.141. The third-order valence-corrected chi connectivity index (χ3v) is 5.00. The standard InChI is InChI=1S/C24H22N2O5/c1-29-20-14-18(26-24(28)22-12-16-10-6-7-11-19(16)31-22)21(30-2)13-17(20)25-23(27)15-8-4-3-5-9-15/h3-11,13-14,22H,12H2,1-2H3,(H,25,27)(H,26,28)/t22-/m1/s1. The molecule has 3 aromatic rings. The fraction of sp³-hybridized carbons (Fsp3) is 0.167. The number of carbonyl (C=O) groups is 2. The summed E-state index contributed by atoms with van der Waals surface area (Å²) in [5, 5.41) is 5.66. The highest BCUT2D eigenvalue weighted by Crippen LogP contribution is 2.37. The summed E-state index contributed by atoms with van der Waals surface area (Å²) in [5.41, 5.74) is 2.35. The van der Waals surface area contributed by atoms with Crippen molar-refractivity contribution in [1.29, 1.82) is 0 Å². The molecule has 0 saturated carbocycles. The van der Waals surface area contributed by atoms with Gasteiger partial charge in [0.25, 0.3) is 11.8 Å². The number of hydrogen-bond acceptors (Lipinski definition) is 5. The molecule has 0 unspecified atom stereocenters. The van der Waals surface area contributed by atoms with Crippen molar-refractivity contribution in [3.8, 4) is 17.2 Å². The normalized spacial score (nSPS) is 14.2. The van der Waals surface area contributed by atoms with E-state index in [0.29, 0.717) is 40.6 Å². The summed E-state index contributed by atoms with van der Waals surface area (Å²) in [5.74, 6) is 0.905. The Morgan fingerprint density at radius 1 is 0.871 bits per heavy atom. The van der Waals surface area contributed by atoms with Crippen LogP contribution in [0.3, 0.4) is 0 Å². The van der Waals surface area contributed by atoms with Gasteiger partial charge in [0.05, 0.1) is 25.6 Å². The van der Waals surface area contributed by atoms with Crippen molar-refractivity contribution in [2.75, 3.05) is 24.9 Å². The minimum Gasteiger partial charge on any atom is -0.494 e. The van der Waals surface area contributed by atoms with Crippen LogP contribution < -0.4 is 24.8 Å². The lowest BCUT2D eigenvalue weighted by atomic mass is 10.1. The lowest BCUT2D eigenvalue weighted by molar-refractivity contribution is -0.122. The van der Waals surface area contributed by atoms with Gasteiger partial charge in [0, 0.05) is 24.1 Å². The Kier molecular flexibility index (Phi) is 5.75.